The summed E-state index contributed by atoms with van der Waals surface area (Å²) in [5, 5.41) is 3.32. The molecule has 1 aliphatic rings. The molecule has 1 aliphatic heterocycles. The van der Waals surface area contributed by atoms with Crippen LogP contribution in [0.3, 0.4) is 0 Å². The maximum absolute atomic E-state index is 12.5. The Bertz CT molecular complexity index is 441. The van der Waals surface area contributed by atoms with Gasteiger partial charge in [-0.15, -0.1) is 0 Å². The number of nitrogens with two attached hydrogens (primary N) is 1. The highest BCUT2D eigenvalue weighted by molar-refractivity contribution is 5.76. The zero-order valence-electron chi connectivity index (χ0n) is 20.5. The number of carbonyl (C=O) groups excluding carboxylic acids is 1. The van der Waals surface area contributed by atoms with E-state index in [-0.39, 0.29) is 29.2 Å². The highest BCUT2D eigenvalue weighted by Crippen LogP contribution is 2.39. The number of nitrogens with one attached hydrogen (secondary N) is 1. The van der Waals surface area contributed by atoms with E-state index in [1.807, 2.05) is 0 Å². The van der Waals surface area contributed by atoms with Gasteiger partial charge in [0.1, 0.15) is 0 Å². The first-order valence-electron chi connectivity index (χ1n) is 12.4. The van der Waals surface area contributed by atoms with Crippen LogP contribution in [-0.4, -0.2) is 34.1 Å². The van der Waals surface area contributed by atoms with E-state index in [1.54, 1.807) is 0 Å². The van der Waals surface area contributed by atoms with Gasteiger partial charge in [0.15, 0.2) is 0 Å². The SMILES string of the molecule is CCCCCCCCCCCCCC(=O)NC1CC(C)(C)N(C(C)N)C(C)(C)C1. The Labute approximate surface area is 181 Å². The van der Waals surface area contributed by atoms with Crippen LogP contribution in [0.2, 0.25) is 0 Å². The molecule has 0 saturated carbocycles. The summed E-state index contributed by atoms with van der Waals surface area (Å²) in [5.41, 5.74) is 6.24. The zero-order chi connectivity index (χ0) is 21.9. The van der Waals surface area contributed by atoms with Gasteiger partial charge in [0.2, 0.25) is 5.91 Å². The molecule has 0 aromatic heterocycles. The number of hydrogen-bond donors (Lipinski definition) is 2. The standard InChI is InChI=1S/C25H51N3O/c1-7-8-9-10-11-12-13-14-15-16-17-18-23(29)27-22-19-24(3,4)28(21(2)26)25(5,6)20-22/h21-22H,7-20,26H2,1-6H3,(H,27,29). The average Bonchev–Trinajstić information content (AvgIpc) is 2.56. The van der Waals surface area contributed by atoms with Crippen molar-refractivity contribution >= 4 is 5.91 Å². The lowest BCUT2D eigenvalue weighted by Crippen LogP contribution is -2.68. The highest BCUT2D eigenvalue weighted by Gasteiger charge is 2.46. The Morgan fingerprint density at radius 3 is 1.72 bits per heavy atom. The molecule has 0 bridgehead atoms. The van der Waals surface area contributed by atoms with Gasteiger partial charge in [-0.2, -0.15) is 0 Å². The molecule has 3 N–H and O–H groups in total. The Morgan fingerprint density at radius 2 is 1.31 bits per heavy atom. The number of unbranched alkanes of at least 4 members (excludes halogenated alkanes) is 10. The summed E-state index contributed by atoms with van der Waals surface area (Å²) in [6.45, 7) is 13.3. The van der Waals surface area contributed by atoms with E-state index < -0.39 is 0 Å². The predicted octanol–water partition coefficient (Wildman–Crippen LogP) is 6.13. The number of nitrogens with zero attached hydrogens (tertiary/aromatic N) is 1. The molecule has 1 rings (SSSR count). The van der Waals surface area contributed by atoms with Crippen molar-refractivity contribution in [1.29, 1.82) is 0 Å². The first kappa shape index (κ1) is 26.4. The van der Waals surface area contributed by atoms with E-state index in [2.05, 4.69) is 51.8 Å². The monoisotopic (exact) mass is 409 g/mol. The Morgan fingerprint density at radius 1 is 0.897 bits per heavy atom. The summed E-state index contributed by atoms with van der Waals surface area (Å²) in [6, 6.07) is 0.246. The lowest BCUT2D eigenvalue weighted by Gasteiger charge is -2.57. The molecule has 0 aromatic rings. The minimum absolute atomic E-state index is 0.00952. The Kier molecular flexibility index (Phi) is 11.8. The molecule has 0 radical (unpaired) electrons. The van der Waals surface area contributed by atoms with Gasteiger partial charge in [0.05, 0.1) is 6.17 Å². The number of carbonyl (C=O) groups is 1. The largest absolute Gasteiger partial charge is 0.353 e. The molecular weight excluding hydrogens is 358 g/mol. The second-order valence-electron chi connectivity index (χ2n) is 10.7. The first-order chi connectivity index (χ1) is 13.6. The molecule has 1 heterocycles. The molecule has 4 nitrogen and oxygen atoms in total. The summed E-state index contributed by atoms with van der Waals surface area (Å²) in [6.07, 6.45) is 17.1. The molecule has 1 saturated heterocycles. The van der Waals surface area contributed by atoms with Gasteiger partial charge in [-0.3, -0.25) is 9.69 Å². The molecule has 29 heavy (non-hydrogen) atoms. The summed E-state index contributed by atoms with van der Waals surface area (Å²) in [4.78, 5) is 14.9. The zero-order valence-corrected chi connectivity index (χ0v) is 20.5. The van der Waals surface area contributed by atoms with Gasteiger partial charge >= 0.3 is 0 Å². The second-order valence-corrected chi connectivity index (χ2v) is 10.7. The van der Waals surface area contributed by atoms with Crippen molar-refractivity contribution in [3.63, 3.8) is 0 Å². The lowest BCUT2D eigenvalue weighted by molar-refractivity contribution is -0.124. The Balaban J connectivity index is 2.18. The predicted molar refractivity (Wildman–Crippen MR) is 126 cm³/mol. The van der Waals surface area contributed by atoms with Crippen LogP contribution in [0.15, 0.2) is 0 Å². The third-order valence-electron chi connectivity index (χ3n) is 6.58. The van der Waals surface area contributed by atoms with Gasteiger partial charge in [-0.1, -0.05) is 71.1 Å². The molecule has 4 heteroatoms. The molecule has 1 atom stereocenters. The minimum Gasteiger partial charge on any atom is -0.353 e. The molecule has 1 unspecified atom stereocenters. The average molecular weight is 410 g/mol. The summed E-state index contributed by atoms with van der Waals surface area (Å²) >= 11 is 0. The number of rotatable bonds is 14. The van der Waals surface area contributed by atoms with Crippen molar-refractivity contribution in [3.05, 3.63) is 0 Å². The van der Waals surface area contributed by atoms with E-state index in [0.717, 1.165) is 19.3 Å². The normalized spacial score (nSPS) is 20.5. The van der Waals surface area contributed by atoms with Crippen LogP contribution in [0, 0.1) is 0 Å². The van der Waals surface area contributed by atoms with Crippen molar-refractivity contribution in [2.75, 3.05) is 0 Å². The van der Waals surface area contributed by atoms with Crippen LogP contribution >= 0.6 is 0 Å². The smallest absolute Gasteiger partial charge is 0.220 e. The van der Waals surface area contributed by atoms with Crippen LogP contribution in [0.1, 0.15) is 131 Å². The Hall–Kier alpha value is -0.610. The minimum atomic E-state index is -0.00952. The number of piperidine rings is 1. The van der Waals surface area contributed by atoms with Gasteiger partial charge in [0, 0.05) is 23.5 Å². The molecule has 0 aromatic carbocycles. The third-order valence-corrected chi connectivity index (χ3v) is 6.58. The van der Waals surface area contributed by atoms with Crippen molar-refractivity contribution in [2.45, 2.75) is 155 Å². The summed E-state index contributed by atoms with van der Waals surface area (Å²) in [5.74, 6) is 0.228. The maximum Gasteiger partial charge on any atom is 0.220 e. The molecule has 172 valence electrons. The van der Waals surface area contributed by atoms with Crippen LogP contribution in [0.4, 0.5) is 0 Å². The number of amides is 1. The van der Waals surface area contributed by atoms with Crippen molar-refractivity contribution in [1.82, 2.24) is 10.2 Å². The highest BCUT2D eigenvalue weighted by atomic mass is 16.1. The van der Waals surface area contributed by atoms with Crippen LogP contribution in [-0.2, 0) is 4.79 Å². The fourth-order valence-electron chi connectivity index (χ4n) is 5.75. The van der Waals surface area contributed by atoms with Gasteiger partial charge < -0.3 is 11.1 Å². The van der Waals surface area contributed by atoms with E-state index >= 15 is 0 Å². The number of hydrogen-bond acceptors (Lipinski definition) is 3. The summed E-state index contributed by atoms with van der Waals surface area (Å²) < 4.78 is 0. The number of likely N-dealkylation sites (tertiary alicyclic amines) is 1. The van der Waals surface area contributed by atoms with Gasteiger partial charge in [-0.25, -0.2) is 0 Å². The summed E-state index contributed by atoms with van der Waals surface area (Å²) in [7, 11) is 0. The van der Waals surface area contributed by atoms with E-state index in [1.165, 1.54) is 64.2 Å². The maximum atomic E-state index is 12.5. The topological polar surface area (TPSA) is 58.4 Å². The van der Waals surface area contributed by atoms with Crippen LogP contribution in [0.5, 0.6) is 0 Å². The molecular formula is C25H51N3O. The quantitative estimate of drug-likeness (QED) is 0.339. The van der Waals surface area contributed by atoms with Crippen molar-refractivity contribution in [2.24, 2.45) is 5.73 Å². The van der Waals surface area contributed by atoms with E-state index in [9.17, 15) is 4.79 Å². The van der Waals surface area contributed by atoms with E-state index in [0.29, 0.717) is 6.42 Å². The fourth-order valence-corrected chi connectivity index (χ4v) is 5.75. The lowest BCUT2D eigenvalue weighted by atomic mass is 9.76. The first-order valence-corrected chi connectivity index (χ1v) is 12.4. The van der Waals surface area contributed by atoms with Gasteiger partial charge in [-0.05, 0) is 53.9 Å². The van der Waals surface area contributed by atoms with Crippen LogP contribution < -0.4 is 11.1 Å². The molecule has 0 aliphatic carbocycles. The third kappa shape index (κ3) is 9.83. The fraction of sp³-hybridized carbons (Fsp3) is 0.960. The molecule has 0 spiro atoms. The van der Waals surface area contributed by atoms with Crippen molar-refractivity contribution < 1.29 is 4.79 Å². The van der Waals surface area contributed by atoms with Crippen molar-refractivity contribution in [3.8, 4) is 0 Å². The van der Waals surface area contributed by atoms with Gasteiger partial charge in [0.25, 0.3) is 0 Å². The second kappa shape index (κ2) is 12.9. The molecule has 1 amide bonds. The van der Waals surface area contributed by atoms with E-state index in [4.69, 9.17) is 5.73 Å². The van der Waals surface area contributed by atoms with Crippen LogP contribution in [0.25, 0.3) is 0 Å². The molecule has 1 fully saturated rings.